The Labute approximate surface area is 206 Å². The monoisotopic (exact) mass is 498 g/mol. The molecule has 2 aromatic carbocycles. The highest BCUT2D eigenvalue weighted by molar-refractivity contribution is 6.04. The van der Waals surface area contributed by atoms with Crippen molar-refractivity contribution < 1.29 is 18.0 Å². The Balaban J connectivity index is 0.00000289. The minimum absolute atomic E-state index is 0. The molecule has 2 heterocycles. The van der Waals surface area contributed by atoms with Gasteiger partial charge in [-0.2, -0.15) is 13.2 Å². The summed E-state index contributed by atoms with van der Waals surface area (Å²) in [5.74, 6) is -0.214. The maximum absolute atomic E-state index is 12.9. The SMILES string of the molecule is Cl.O=C(Nc1ccc(C2CC2NCc2ccc3cccnc3n2)cc1)c1cccc(C(F)(F)F)c1. The third-order valence-corrected chi connectivity index (χ3v) is 5.91. The fourth-order valence-corrected chi connectivity index (χ4v) is 3.97. The summed E-state index contributed by atoms with van der Waals surface area (Å²) < 4.78 is 38.7. The van der Waals surface area contributed by atoms with Gasteiger partial charge in [0.25, 0.3) is 5.91 Å². The summed E-state index contributed by atoms with van der Waals surface area (Å²) in [6, 6.07) is 20.0. The minimum Gasteiger partial charge on any atom is -0.322 e. The number of amides is 1. The molecule has 180 valence electrons. The van der Waals surface area contributed by atoms with Gasteiger partial charge in [-0.05, 0) is 66.6 Å². The second-order valence-electron chi connectivity index (χ2n) is 8.34. The van der Waals surface area contributed by atoms with Crippen molar-refractivity contribution in [1.82, 2.24) is 15.3 Å². The van der Waals surface area contributed by atoms with E-state index in [1.807, 2.05) is 36.4 Å². The molecule has 4 aromatic rings. The van der Waals surface area contributed by atoms with Gasteiger partial charge in [0, 0.05) is 41.3 Å². The van der Waals surface area contributed by atoms with Crippen LogP contribution in [0.2, 0.25) is 0 Å². The Hall–Kier alpha value is -3.49. The van der Waals surface area contributed by atoms with E-state index >= 15 is 0 Å². The summed E-state index contributed by atoms with van der Waals surface area (Å²) >= 11 is 0. The predicted octanol–water partition coefficient (Wildman–Crippen LogP) is 5.97. The van der Waals surface area contributed by atoms with Crippen LogP contribution in [0.15, 0.2) is 79.0 Å². The molecule has 0 radical (unpaired) electrons. The molecule has 1 amide bonds. The molecule has 1 fully saturated rings. The molecule has 0 bridgehead atoms. The Morgan fingerprint density at radius 3 is 2.57 bits per heavy atom. The Bertz CT molecular complexity index is 1340. The van der Waals surface area contributed by atoms with E-state index in [-0.39, 0.29) is 18.0 Å². The number of carbonyl (C=O) groups excluding carboxylic acids is 1. The number of alkyl halides is 3. The van der Waals surface area contributed by atoms with Gasteiger partial charge in [-0.15, -0.1) is 12.4 Å². The largest absolute Gasteiger partial charge is 0.416 e. The third kappa shape index (κ3) is 5.78. The average molecular weight is 499 g/mol. The number of rotatable bonds is 6. The number of nitrogens with zero attached hydrogens (tertiary/aromatic N) is 2. The number of fused-ring (bicyclic) bond motifs is 1. The molecular weight excluding hydrogens is 477 g/mol. The fourth-order valence-electron chi connectivity index (χ4n) is 3.97. The number of carbonyl (C=O) groups is 1. The Morgan fingerprint density at radius 2 is 1.80 bits per heavy atom. The molecule has 5 nitrogen and oxygen atoms in total. The number of pyridine rings is 2. The number of hydrogen-bond donors (Lipinski definition) is 2. The summed E-state index contributed by atoms with van der Waals surface area (Å²) in [5.41, 5.74) is 2.45. The standard InChI is InChI=1S/C26H21F3N4O.ClH/c27-26(28,29)19-5-1-3-18(13-19)25(34)33-20-9-6-16(7-10-20)22-14-23(22)31-15-21-11-8-17-4-2-12-30-24(17)32-21;/h1-13,22-23,31H,14-15H2,(H,33,34);1H. The summed E-state index contributed by atoms with van der Waals surface area (Å²) in [4.78, 5) is 21.3. The van der Waals surface area contributed by atoms with Crippen molar-refractivity contribution in [2.75, 3.05) is 5.32 Å². The van der Waals surface area contributed by atoms with Gasteiger partial charge >= 0.3 is 6.18 Å². The lowest BCUT2D eigenvalue weighted by Crippen LogP contribution is -2.18. The normalized spacial score (nSPS) is 17.0. The van der Waals surface area contributed by atoms with Gasteiger partial charge in [0.05, 0.1) is 11.3 Å². The van der Waals surface area contributed by atoms with Crippen molar-refractivity contribution in [2.24, 2.45) is 0 Å². The highest BCUT2D eigenvalue weighted by atomic mass is 35.5. The van der Waals surface area contributed by atoms with E-state index in [9.17, 15) is 18.0 Å². The van der Waals surface area contributed by atoms with Crippen molar-refractivity contribution in [3.63, 3.8) is 0 Å². The first-order chi connectivity index (χ1) is 16.4. The molecule has 0 aliphatic heterocycles. The van der Waals surface area contributed by atoms with Crippen molar-refractivity contribution >= 4 is 35.0 Å². The van der Waals surface area contributed by atoms with Crippen LogP contribution in [0.1, 0.15) is 39.5 Å². The van der Waals surface area contributed by atoms with Crippen LogP contribution in [0.4, 0.5) is 18.9 Å². The molecule has 2 atom stereocenters. The van der Waals surface area contributed by atoms with Crippen LogP contribution in [-0.4, -0.2) is 21.9 Å². The molecular formula is C26H22ClF3N4O. The molecule has 9 heteroatoms. The van der Waals surface area contributed by atoms with Crippen LogP contribution in [0, 0.1) is 0 Å². The number of hydrogen-bond acceptors (Lipinski definition) is 4. The minimum atomic E-state index is -4.49. The van der Waals surface area contributed by atoms with E-state index in [0.29, 0.717) is 24.2 Å². The average Bonchev–Trinajstić information content (AvgIpc) is 3.62. The molecule has 2 aromatic heterocycles. The Morgan fingerprint density at radius 1 is 1.00 bits per heavy atom. The van der Waals surface area contributed by atoms with Crippen molar-refractivity contribution in [1.29, 1.82) is 0 Å². The van der Waals surface area contributed by atoms with Crippen molar-refractivity contribution in [2.45, 2.75) is 31.1 Å². The molecule has 2 N–H and O–H groups in total. The molecule has 0 spiro atoms. The van der Waals surface area contributed by atoms with Gasteiger partial charge in [0.1, 0.15) is 0 Å². The van der Waals surface area contributed by atoms with Crippen LogP contribution in [0.25, 0.3) is 11.0 Å². The first-order valence-corrected chi connectivity index (χ1v) is 10.9. The first kappa shape index (κ1) is 24.6. The fraction of sp³-hybridized carbons (Fsp3) is 0.192. The summed E-state index contributed by atoms with van der Waals surface area (Å²) in [6.07, 6.45) is -1.76. The molecule has 1 saturated carbocycles. The quantitative estimate of drug-likeness (QED) is 0.344. The molecule has 5 rings (SSSR count). The summed E-state index contributed by atoms with van der Waals surface area (Å²) in [6.45, 7) is 0.652. The van der Waals surface area contributed by atoms with E-state index in [1.54, 1.807) is 18.3 Å². The number of nitrogens with one attached hydrogen (secondary N) is 2. The maximum atomic E-state index is 12.9. The van der Waals surface area contributed by atoms with Crippen LogP contribution >= 0.6 is 12.4 Å². The highest BCUT2D eigenvalue weighted by Gasteiger charge is 2.37. The van der Waals surface area contributed by atoms with Gasteiger partial charge in [0.15, 0.2) is 5.65 Å². The summed E-state index contributed by atoms with van der Waals surface area (Å²) in [5, 5.41) is 7.19. The number of anilines is 1. The van der Waals surface area contributed by atoms with Gasteiger partial charge in [0.2, 0.25) is 0 Å². The van der Waals surface area contributed by atoms with Crippen molar-refractivity contribution in [3.05, 3.63) is 101 Å². The Kier molecular flexibility index (Phi) is 7.05. The maximum Gasteiger partial charge on any atom is 0.416 e. The van der Waals surface area contributed by atoms with Gasteiger partial charge in [-0.3, -0.25) is 4.79 Å². The number of aromatic nitrogens is 2. The zero-order valence-electron chi connectivity index (χ0n) is 18.4. The van der Waals surface area contributed by atoms with E-state index in [1.165, 1.54) is 12.1 Å². The lowest BCUT2D eigenvalue weighted by atomic mass is 10.1. The topological polar surface area (TPSA) is 66.9 Å². The summed E-state index contributed by atoms with van der Waals surface area (Å²) in [7, 11) is 0. The molecule has 35 heavy (non-hydrogen) atoms. The van der Waals surface area contributed by atoms with Gasteiger partial charge in [-0.25, -0.2) is 9.97 Å². The number of halogens is 4. The van der Waals surface area contributed by atoms with E-state index in [2.05, 4.69) is 20.6 Å². The smallest absolute Gasteiger partial charge is 0.322 e. The molecule has 1 aliphatic rings. The third-order valence-electron chi connectivity index (χ3n) is 5.91. The van der Waals surface area contributed by atoms with Gasteiger partial charge in [-0.1, -0.05) is 18.2 Å². The second kappa shape index (κ2) is 10.0. The van der Waals surface area contributed by atoms with E-state index < -0.39 is 17.6 Å². The zero-order valence-corrected chi connectivity index (χ0v) is 19.2. The lowest BCUT2D eigenvalue weighted by molar-refractivity contribution is -0.137. The zero-order chi connectivity index (χ0) is 23.7. The molecule has 2 unspecified atom stereocenters. The number of benzene rings is 2. The van der Waals surface area contributed by atoms with Crippen LogP contribution in [0.3, 0.4) is 0 Å². The van der Waals surface area contributed by atoms with Crippen LogP contribution < -0.4 is 10.6 Å². The van der Waals surface area contributed by atoms with E-state index in [0.717, 1.165) is 40.8 Å². The van der Waals surface area contributed by atoms with Crippen LogP contribution in [-0.2, 0) is 12.7 Å². The lowest BCUT2D eigenvalue weighted by Gasteiger charge is -2.10. The first-order valence-electron chi connectivity index (χ1n) is 10.9. The highest BCUT2D eigenvalue weighted by Crippen LogP contribution is 2.41. The predicted molar refractivity (Wildman–Crippen MR) is 131 cm³/mol. The molecule has 1 aliphatic carbocycles. The van der Waals surface area contributed by atoms with Gasteiger partial charge < -0.3 is 10.6 Å². The second-order valence-corrected chi connectivity index (χ2v) is 8.34. The van der Waals surface area contributed by atoms with Crippen LogP contribution in [0.5, 0.6) is 0 Å². The van der Waals surface area contributed by atoms with Crippen molar-refractivity contribution in [3.8, 4) is 0 Å². The van der Waals surface area contributed by atoms with E-state index in [4.69, 9.17) is 0 Å². The molecule has 0 saturated heterocycles.